The minimum atomic E-state index is -0.394. The first-order chi connectivity index (χ1) is 11.6. The van der Waals surface area contributed by atoms with E-state index in [4.69, 9.17) is 5.73 Å². The van der Waals surface area contributed by atoms with Crippen molar-refractivity contribution in [3.8, 4) is 0 Å². The second-order valence-electron chi connectivity index (χ2n) is 5.58. The molecule has 24 heavy (non-hydrogen) atoms. The predicted molar refractivity (Wildman–Crippen MR) is 89.2 cm³/mol. The van der Waals surface area contributed by atoms with Gasteiger partial charge in [-0.25, -0.2) is 4.39 Å². The molecule has 1 aliphatic heterocycles. The number of nitrogens with two attached hydrogens (primary N) is 1. The number of nitrogen functional groups attached to an aromatic ring is 1. The standard InChI is InChI=1S/C16H17FN4O2S/c17-11-5-3-10(4-6-11)9-19-15(22)14-12(18)13(20-24-14)16(23)21-7-1-2-8-21/h3-6H,1-2,7-9,18H2,(H,19,22). The van der Waals surface area contributed by atoms with Crippen LogP contribution >= 0.6 is 11.5 Å². The van der Waals surface area contributed by atoms with Gasteiger partial charge < -0.3 is 16.0 Å². The third kappa shape index (κ3) is 3.38. The highest BCUT2D eigenvalue weighted by Gasteiger charge is 2.27. The van der Waals surface area contributed by atoms with Crippen molar-refractivity contribution in [3.05, 3.63) is 46.2 Å². The molecule has 0 bridgehead atoms. The van der Waals surface area contributed by atoms with E-state index in [1.165, 1.54) is 12.1 Å². The van der Waals surface area contributed by atoms with E-state index in [2.05, 4.69) is 9.69 Å². The van der Waals surface area contributed by atoms with E-state index in [9.17, 15) is 14.0 Å². The Bertz CT molecular complexity index is 754. The quantitative estimate of drug-likeness (QED) is 0.885. The Morgan fingerprint density at radius 2 is 1.92 bits per heavy atom. The minimum Gasteiger partial charge on any atom is -0.395 e. The molecule has 8 heteroatoms. The van der Waals surface area contributed by atoms with E-state index in [0.29, 0.717) is 13.1 Å². The van der Waals surface area contributed by atoms with Crippen molar-refractivity contribution in [1.29, 1.82) is 0 Å². The Hall–Kier alpha value is -2.48. The fourth-order valence-electron chi connectivity index (χ4n) is 2.55. The van der Waals surface area contributed by atoms with Crippen molar-refractivity contribution >= 4 is 29.0 Å². The van der Waals surface area contributed by atoms with Crippen LogP contribution < -0.4 is 11.1 Å². The number of halogens is 1. The van der Waals surface area contributed by atoms with Crippen molar-refractivity contribution < 1.29 is 14.0 Å². The number of carbonyl (C=O) groups excluding carboxylic acids is 2. The van der Waals surface area contributed by atoms with Crippen LogP contribution in [0.1, 0.15) is 38.6 Å². The Balaban J connectivity index is 1.67. The summed E-state index contributed by atoms with van der Waals surface area (Å²) in [7, 11) is 0. The summed E-state index contributed by atoms with van der Waals surface area (Å²) >= 11 is 0.914. The number of hydrogen-bond acceptors (Lipinski definition) is 5. The lowest BCUT2D eigenvalue weighted by molar-refractivity contribution is 0.0789. The molecular weight excluding hydrogens is 331 g/mol. The summed E-state index contributed by atoms with van der Waals surface area (Å²) in [5.41, 5.74) is 6.98. The summed E-state index contributed by atoms with van der Waals surface area (Å²) in [5, 5.41) is 2.70. The van der Waals surface area contributed by atoms with Crippen LogP contribution in [0.3, 0.4) is 0 Å². The zero-order valence-electron chi connectivity index (χ0n) is 12.9. The summed E-state index contributed by atoms with van der Waals surface area (Å²) in [5.74, 6) is -0.949. The Morgan fingerprint density at radius 1 is 1.25 bits per heavy atom. The maximum Gasteiger partial charge on any atom is 0.275 e. The maximum atomic E-state index is 12.9. The van der Waals surface area contributed by atoms with Gasteiger partial charge in [-0.3, -0.25) is 9.59 Å². The Kier molecular flexibility index (Phi) is 4.75. The van der Waals surface area contributed by atoms with Crippen molar-refractivity contribution in [1.82, 2.24) is 14.6 Å². The summed E-state index contributed by atoms with van der Waals surface area (Å²) in [6.07, 6.45) is 1.95. The van der Waals surface area contributed by atoms with Crippen molar-refractivity contribution in [2.45, 2.75) is 19.4 Å². The number of rotatable bonds is 4. The molecule has 3 rings (SSSR count). The van der Waals surface area contributed by atoms with Crippen molar-refractivity contribution in [2.24, 2.45) is 0 Å². The number of benzene rings is 1. The van der Waals surface area contributed by atoms with E-state index in [1.54, 1.807) is 17.0 Å². The molecule has 3 N–H and O–H groups in total. The second-order valence-corrected chi connectivity index (χ2v) is 6.36. The smallest absolute Gasteiger partial charge is 0.275 e. The van der Waals surface area contributed by atoms with Gasteiger partial charge in [0.05, 0.1) is 5.69 Å². The normalized spacial score (nSPS) is 14.0. The van der Waals surface area contributed by atoms with Crippen LogP contribution in [-0.2, 0) is 6.54 Å². The third-order valence-electron chi connectivity index (χ3n) is 3.90. The van der Waals surface area contributed by atoms with E-state index in [0.717, 1.165) is 29.9 Å². The number of amides is 2. The molecule has 0 saturated carbocycles. The van der Waals surface area contributed by atoms with Gasteiger partial charge in [0.2, 0.25) is 0 Å². The van der Waals surface area contributed by atoms with E-state index < -0.39 is 5.91 Å². The SMILES string of the molecule is Nc1c(C(=O)N2CCCC2)nsc1C(=O)NCc1ccc(F)cc1. The molecular formula is C16H17FN4O2S. The molecule has 2 heterocycles. The number of carbonyl (C=O) groups is 2. The number of hydrogen-bond donors (Lipinski definition) is 2. The lowest BCUT2D eigenvalue weighted by Gasteiger charge is -2.13. The molecule has 0 spiro atoms. The van der Waals surface area contributed by atoms with Crippen molar-refractivity contribution in [3.63, 3.8) is 0 Å². The Labute approximate surface area is 142 Å². The van der Waals surface area contributed by atoms with Crippen LogP contribution in [0.5, 0.6) is 0 Å². The lowest BCUT2D eigenvalue weighted by atomic mass is 10.2. The average molecular weight is 348 g/mol. The largest absolute Gasteiger partial charge is 0.395 e. The number of anilines is 1. The van der Waals surface area contributed by atoms with Crippen LogP contribution in [0.2, 0.25) is 0 Å². The van der Waals surface area contributed by atoms with Gasteiger partial charge in [-0.1, -0.05) is 12.1 Å². The van der Waals surface area contributed by atoms with Gasteiger partial charge in [0.25, 0.3) is 11.8 Å². The Morgan fingerprint density at radius 3 is 2.58 bits per heavy atom. The number of nitrogens with one attached hydrogen (secondary N) is 1. The van der Waals surface area contributed by atoms with Crippen LogP contribution in [0, 0.1) is 5.82 Å². The topological polar surface area (TPSA) is 88.3 Å². The van der Waals surface area contributed by atoms with Crippen LogP contribution in [0.15, 0.2) is 24.3 Å². The molecule has 2 amide bonds. The van der Waals surface area contributed by atoms with Gasteiger partial charge in [-0.2, -0.15) is 4.37 Å². The highest BCUT2D eigenvalue weighted by atomic mass is 32.1. The number of likely N-dealkylation sites (tertiary alicyclic amines) is 1. The summed E-state index contributed by atoms with van der Waals surface area (Å²) in [6.45, 7) is 1.63. The molecule has 1 aromatic heterocycles. The van der Waals surface area contributed by atoms with Crippen LogP contribution in [0.4, 0.5) is 10.1 Å². The molecule has 0 radical (unpaired) electrons. The van der Waals surface area contributed by atoms with Crippen LogP contribution in [0.25, 0.3) is 0 Å². The van der Waals surface area contributed by atoms with Gasteiger partial charge in [-0.05, 0) is 42.1 Å². The molecule has 0 aliphatic carbocycles. The first kappa shape index (κ1) is 16.4. The summed E-state index contributed by atoms with van der Waals surface area (Å²) < 4.78 is 16.9. The second kappa shape index (κ2) is 6.96. The zero-order chi connectivity index (χ0) is 17.1. The predicted octanol–water partition coefficient (Wildman–Crippen LogP) is 2.03. The summed E-state index contributed by atoms with van der Waals surface area (Å²) in [6, 6.07) is 5.84. The van der Waals surface area contributed by atoms with Gasteiger partial charge in [0.1, 0.15) is 10.7 Å². The third-order valence-corrected chi connectivity index (χ3v) is 4.76. The van der Waals surface area contributed by atoms with Gasteiger partial charge in [0.15, 0.2) is 5.69 Å². The highest BCUT2D eigenvalue weighted by Crippen LogP contribution is 2.24. The molecule has 0 unspecified atom stereocenters. The monoisotopic (exact) mass is 348 g/mol. The fourth-order valence-corrected chi connectivity index (χ4v) is 3.26. The molecule has 2 aromatic rings. The first-order valence-corrected chi connectivity index (χ1v) is 8.40. The van der Waals surface area contributed by atoms with E-state index >= 15 is 0 Å². The fraction of sp³-hybridized carbons (Fsp3) is 0.312. The lowest BCUT2D eigenvalue weighted by Crippen LogP contribution is -2.29. The summed E-state index contributed by atoms with van der Waals surface area (Å²) in [4.78, 5) is 26.5. The van der Waals surface area contributed by atoms with Gasteiger partial charge in [-0.15, -0.1) is 0 Å². The van der Waals surface area contributed by atoms with E-state index in [-0.39, 0.29) is 34.5 Å². The van der Waals surface area contributed by atoms with Crippen LogP contribution in [-0.4, -0.2) is 34.2 Å². The number of aromatic nitrogens is 1. The zero-order valence-corrected chi connectivity index (χ0v) is 13.7. The molecule has 1 aromatic carbocycles. The van der Waals surface area contributed by atoms with Gasteiger partial charge in [0, 0.05) is 19.6 Å². The molecule has 6 nitrogen and oxygen atoms in total. The molecule has 1 saturated heterocycles. The molecule has 1 fully saturated rings. The van der Waals surface area contributed by atoms with Gasteiger partial charge >= 0.3 is 0 Å². The molecule has 1 aliphatic rings. The first-order valence-electron chi connectivity index (χ1n) is 7.63. The highest BCUT2D eigenvalue weighted by molar-refractivity contribution is 7.09. The maximum absolute atomic E-state index is 12.9. The number of nitrogens with zero attached hydrogens (tertiary/aromatic N) is 2. The van der Waals surface area contributed by atoms with E-state index in [1.807, 2.05) is 0 Å². The minimum absolute atomic E-state index is 0.119. The van der Waals surface area contributed by atoms with Crippen molar-refractivity contribution in [2.75, 3.05) is 18.8 Å². The molecule has 0 atom stereocenters. The average Bonchev–Trinajstić information content (AvgIpc) is 3.23. The molecule has 126 valence electrons.